The molecule has 1 heterocycles. The zero-order chi connectivity index (χ0) is 50.2. The Kier molecular flexibility index (Phi) is 18.8. The van der Waals surface area contributed by atoms with Crippen molar-refractivity contribution in [1.82, 2.24) is 14.5 Å². The number of allylic oxidation sites excluding steroid dienone is 1. The molecule has 0 saturated carbocycles. The number of nitrogens with one attached hydrogen (secondary N) is 2. The number of hydrogen-bond acceptors (Lipinski definition) is 11. The smallest absolute Gasteiger partial charge is 0.380 e. The molecule has 0 aromatic heterocycles. The largest absolute Gasteiger partial charge is 0.501 e. The number of thiol groups is 1. The number of carbonyl (C=O) groups is 1. The molecule has 0 bridgehead atoms. The van der Waals surface area contributed by atoms with Crippen LogP contribution in [0, 0.1) is 5.41 Å². The molecule has 0 radical (unpaired) electrons. The summed E-state index contributed by atoms with van der Waals surface area (Å²) < 4.78 is 103. The molecule has 3 atom stereocenters. The van der Waals surface area contributed by atoms with E-state index >= 15 is 0 Å². The molecule has 1 fully saturated rings. The van der Waals surface area contributed by atoms with Crippen LogP contribution >= 0.6 is 39.4 Å². The second-order valence-corrected chi connectivity index (χ2v) is 28.0. The minimum atomic E-state index is -6.00. The van der Waals surface area contributed by atoms with Gasteiger partial charge in [0.15, 0.2) is 0 Å². The van der Waals surface area contributed by atoms with Gasteiger partial charge in [0.2, 0.25) is 0 Å². The zero-order valence-electron chi connectivity index (χ0n) is 39.3. The van der Waals surface area contributed by atoms with Gasteiger partial charge in [-0.2, -0.15) is 13.2 Å². The van der Waals surface area contributed by atoms with Gasteiger partial charge in [-0.1, -0.05) is 61.4 Å². The van der Waals surface area contributed by atoms with Crippen LogP contribution in [-0.2, 0) is 28.7 Å². The van der Waals surface area contributed by atoms with E-state index in [1.807, 2.05) is 50.9 Å². The molecule has 4 aromatic carbocycles. The van der Waals surface area contributed by atoms with Crippen molar-refractivity contribution >= 4 is 81.8 Å². The van der Waals surface area contributed by atoms with E-state index in [1.54, 1.807) is 43.1 Å². The summed E-state index contributed by atoms with van der Waals surface area (Å²) in [7, 11) is -10.2. The van der Waals surface area contributed by atoms with Gasteiger partial charge < -0.3 is 24.5 Å². The fourth-order valence-electron chi connectivity index (χ4n) is 8.47. The molecule has 12 nitrogen and oxygen atoms in total. The first-order valence-corrected chi connectivity index (χ1v) is 30.7. The quantitative estimate of drug-likeness (QED) is 0.0358. The molecule has 21 heteroatoms. The van der Waals surface area contributed by atoms with Crippen LogP contribution in [0.1, 0.15) is 62.4 Å². The van der Waals surface area contributed by atoms with Gasteiger partial charge in [0.05, 0.1) is 18.5 Å². The minimum absolute atomic E-state index is 0.0699. The third-order valence-electron chi connectivity index (χ3n) is 12.4. The van der Waals surface area contributed by atoms with E-state index in [4.69, 9.17) is 16.1 Å². The highest BCUT2D eigenvalue weighted by atomic mass is 35.5. The molecular formula is C48H63ClF3N5O7P2S3. The Morgan fingerprint density at radius 3 is 2.32 bits per heavy atom. The van der Waals surface area contributed by atoms with Crippen molar-refractivity contribution in [3.63, 3.8) is 0 Å². The predicted molar refractivity (Wildman–Crippen MR) is 279 cm³/mol. The fraction of sp³-hybridized carbons (Fsp3) is 0.438. The number of sulfone groups is 1. The number of piperazine rings is 1. The number of carbonyl (C=O) groups excluding carboxylic acids is 1. The predicted octanol–water partition coefficient (Wildman–Crippen LogP) is 10.0. The second kappa shape index (κ2) is 23.5. The number of thioether (sulfide) groups is 1. The number of halogens is 4. The van der Waals surface area contributed by atoms with E-state index in [9.17, 15) is 40.1 Å². The minimum Gasteiger partial charge on any atom is -0.380 e. The summed E-state index contributed by atoms with van der Waals surface area (Å²) in [4.78, 5) is 29.5. The highest BCUT2D eigenvalue weighted by Gasteiger charge is 2.48. The van der Waals surface area contributed by atoms with Crippen LogP contribution in [-0.4, -0.2) is 116 Å². The second-order valence-electron chi connectivity index (χ2n) is 18.3. The van der Waals surface area contributed by atoms with E-state index in [2.05, 4.69) is 45.8 Å². The van der Waals surface area contributed by atoms with Gasteiger partial charge in [-0.3, -0.25) is 23.2 Å². The van der Waals surface area contributed by atoms with Crippen LogP contribution < -0.4 is 14.9 Å². The SMILES string of the molecule is CCOP(=O)(O)CCN(C)CC[C@H](CSc1ccccc1)Nc1ccc([SH](=O)(P)NC(=O)c2ccc(N3CCN(CC4=C(c5ccc(Cl)cc5)CCC(C)(C)C4)CC3)cc2)cc1S(=O)(=O)C(F)(F)F. The highest BCUT2D eigenvalue weighted by molar-refractivity contribution is 8.44. The summed E-state index contributed by atoms with van der Waals surface area (Å²) in [6.07, 6.45) is 3.33. The van der Waals surface area contributed by atoms with Crippen LogP contribution in [0.15, 0.2) is 117 Å². The molecule has 378 valence electrons. The lowest BCUT2D eigenvalue weighted by atomic mass is 9.73. The molecule has 69 heavy (non-hydrogen) atoms. The van der Waals surface area contributed by atoms with E-state index in [0.717, 1.165) is 73.7 Å². The molecule has 2 aliphatic rings. The van der Waals surface area contributed by atoms with Crippen molar-refractivity contribution in [3.05, 3.63) is 119 Å². The first kappa shape index (κ1) is 55.0. The van der Waals surface area contributed by atoms with Crippen molar-refractivity contribution < 1.29 is 44.6 Å². The fourth-order valence-corrected chi connectivity index (χ4v) is 13.8. The Bertz CT molecular complexity index is 2640. The van der Waals surface area contributed by atoms with E-state index in [0.29, 0.717) is 24.8 Å². The normalized spacial score (nSPS) is 17.6. The van der Waals surface area contributed by atoms with Gasteiger partial charge in [0, 0.05) is 77.1 Å². The van der Waals surface area contributed by atoms with Crippen molar-refractivity contribution in [2.75, 3.05) is 81.6 Å². The Hall–Kier alpha value is -3.28. The Morgan fingerprint density at radius 2 is 1.68 bits per heavy atom. The van der Waals surface area contributed by atoms with Gasteiger partial charge in [-0.05, 0) is 148 Å². The van der Waals surface area contributed by atoms with E-state index < -0.39 is 49.5 Å². The molecule has 1 aliphatic heterocycles. The van der Waals surface area contributed by atoms with Gasteiger partial charge >= 0.3 is 13.1 Å². The number of rotatable bonds is 21. The standard InChI is InChI=1S/C48H63ClF3N5O7P2S3/c1-5-64-66(59,60)30-29-55(4)24-22-39(34-67-41-9-7-6-8-10-41)53-44-20-19-42(31-45(44)68(61,62)48(50,51)52)69(63,65)54-46(58)36-13-17-40(18-14-36)57-27-25-56(26-28-57)33-37-32-47(2,3)23-21-43(37)35-11-15-38(49)16-12-35/h6-20,31,39,53,69H,5,21-30,32-34,65H2,1-4H3,(H,59,60)(H,54,58,63)/t39-/m1/s1. The summed E-state index contributed by atoms with van der Waals surface area (Å²) >= 11 is 7.61. The first-order chi connectivity index (χ1) is 32.4. The average molecular weight is 1070 g/mol. The Labute approximate surface area is 417 Å². The number of benzene rings is 4. The van der Waals surface area contributed by atoms with Crippen molar-refractivity contribution in [1.29, 1.82) is 0 Å². The molecular weight excluding hydrogens is 1010 g/mol. The maximum absolute atomic E-state index is 14.3. The lowest BCUT2D eigenvalue weighted by Gasteiger charge is -2.39. The maximum Gasteiger partial charge on any atom is 0.501 e. The zero-order valence-corrected chi connectivity index (χ0v) is 44.6. The van der Waals surface area contributed by atoms with Crippen LogP contribution in [0.25, 0.3) is 5.57 Å². The highest BCUT2D eigenvalue weighted by Crippen LogP contribution is 2.44. The van der Waals surface area contributed by atoms with Gasteiger partial charge in [0.1, 0.15) is 4.90 Å². The van der Waals surface area contributed by atoms with E-state index in [1.165, 1.54) is 34.5 Å². The average Bonchev–Trinajstić information content (AvgIpc) is 3.29. The first-order valence-electron chi connectivity index (χ1n) is 22.8. The number of amides is 1. The monoisotopic (exact) mass is 1070 g/mol. The maximum atomic E-state index is 14.3. The van der Waals surface area contributed by atoms with Crippen LogP contribution in [0.2, 0.25) is 5.02 Å². The molecule has 3 N–H and O–H groups in total. The Balaban J connectivity index is 1.13. The summed E-state index contributed by atoms with van der Waals surface area (Å²) in [5, 5.41) is 3.72. The molecule has 1 aliphatic carbocycles. The summed E-state index contributed by atoms with van der Waals surface area (Å²) in [6.45, 7) is 10.9. The van der Waals surface area contributed by atoms with Gasteiger partial charge in [-0.15, -0.1) is 11.8 Å². The topological polar surface area (TPSA) is 149 Å². The van der Waals surface area contributed by atoms with Crippen molar-refractivity contribution in [3.8, 4) is 0 Å². The number of anilines is 2. The lowest BCUT2D eigenvalue weighted by Crippen LogP contribution is -2.47. The molecule has 1 amide bonds. The Morgan fingerprint density at radius 1 is 1.01 bits per heavy atom. The van der Waals surface area contributed by atoms with Crippen LogP contribution in [0.5, 0.6) is 0 Å². The van der Waals surface area contributed by atoms with E-state index in [-0.39, 0.29) is 40.9 Å². The summed E-state index contributed by atoms with van der Waals surface area (Å²) in [5.41, 5.74) is -0.701. The molecule has 0 spiro atoms. The van der Waals surface area contributed by atoms with Crippen LogP contribution in [0.4, 0.5) is 24.5 Å². The third kappa shape index (κ3) is 15.4. The van der Waals surface area contributed by atoms with Crippen molar-refractivity contribution in [2.24, 2.45) is 5.41 Å². The number of alkyl halides is 3. The summed E-state index contributed by atoms with van der Waals surface area (Å²) in [6, 6.07) is 26.6. The molecule has 6 rings (SSSR count). The van der Waals surface area contributed by atoms with Gasteiger partial charge in [0.25, 0.3) is 15.7 Å². The summed E-state index contributed by atoms with van der Waals surface area (Å²) in [5.74, 6) is -0.451. The number of nitrogens with zero attached hydrogens (tertiary/aromatic N) is 3. The molecule has 4 aromatic rings. The van der Waals surface area contributed by atoms with Gasteiger partial charge in [-0.25, -0.2) is 8.42 Å². The van der Waals surface area contributed by atoms with Crippen LogP contribution in [0.3, 0.4) is 0 Å². The number of hydrogen-bond donors (Lipinski definition) is 4. The molecule has 1 saturated heterocycles. The lowest BCUT2D eigenvalue weighted by molar-refractivity contribution is -0.0435. The molecule has 2 unspecified atom stereocenters. The van der Waals surface area contributed by atoms with Crippen molar-refractivity contribution in [2.45, 2.75) is 72.7 Å². The third-order valence-corrected chi connectivity index (χ3v) is 19.6.